The number of ether oxygens (including phenoxy) is 1. The Morgan fingerprint density at radius 1 is 1.24 bits per heavy atom. The van der Waals surface area contributed by atoms with Gasteiger partial charge in [-0.1, -0.05) is 12.1 Å². The van der Waals surface area contributed by atoms with Crippen LogP contribution in [0.5, 0.6) is 5.75 Å². The highest BCUT2D eigenvalue weighted by Crippen LogP contribution is 2.26. The van der Waals surface area contributed by atoms with Crippen molar-refractivity contribution in [3.8, 4) is 5.75 Å². The van der Waals surface area contributed by atoms with Crippen LogP contribution in [-0.4, -0.2) is 12.5 Å². The number of rotatable bonds is 3. The second kappa shape index (κ2) is 6.30. The van der Waals surface area contributed by atoms with Crippen molar-refractivity contribution in [2.45, 2.75) is 6.42 Å². The van der Waals surface area contributed by atoms with Gasteiger partial charge in [0, 0.05) is 21.8 Å². The number of anilines is 1. The number of amides is 1. The molecule has 0 bridgehead atoms. The number of hydrogen-bond acceptors (Lipinski definition) is 2. The van der Waals surface area contributed by atoms with E-state index in [2.05, 4.69) is 34.0 Å². The van der Waals surface area contributed by atoms with E-state index < -0.39 is 0 Å². The van der Waals surface area contributed by atoms with Crippen LogP contribution in [0.4, 0.5) is 5.69 Å². The van der Waals surface area contributed by atoms with Crippen molar-refractivity contribution in [3.05, 3.63) is 63.2 Å². The maximum absolute atomic E-state index is 11.9. The average Bonchev–Trinajstić information content (AvgIpc) is 2.92. The predicted octanol–water partition coefficient (Wildman–Crippen LogP) is 3.88. The van der Waals surface area contributed by atoms with Crippen molar-refractivity contribution >= 4 is 40.3 Å². The summed E-state index contributed by atoms with van der Waals surface area (Å²) in [6.07, 6.45) is 4.31. The van der Waals surface area contributed by atoms with Crippen molar-refractivity contribution in [2.24, 2.45) is 0 Å². The summed E-state index contributed by atoms with van der Waals surface area (Å²) in [7, 11) is 0. The lowest BCUT2D eigenvalue weighted by atomic mass is 10.1. The lowest BCUT2D eigenvalue weighted by Crippen LogP contribution is -2.07. The van der Waals surface area contributed by atoms with E-state index in [-0.39, 0.29) is 5.91 Å². The first kappa shape index (κ1) is 14.1. The summed E-state index contributed by atoms with van der Waals surface area (Å²) in [6.45, 7) is 0.746. The smallest absolute Gasteiger partial charge is 0.248 e. The zero-order chi connectivity index (χ0) is 14.7. The van der Waals surface area contributed by atoms with Gasteiger partial charge < -0.3 is 10.1 Å². The third-order valence-electron chi connectivity index (χ3n) is 3.23. The number of carbonyl (C=O) groups is 1. The van der Waals surface area contributed by atoms with Gasteiger partial charge in [-0.15, -0.1) is 0 Å². The molecule has 0 saturated heterocycles. The maximum Gasteiger partial charge on any atom is 0.248 e. The molecule has 106 valence electrons. The Morgan fingerprint density at radius 3 is 3.00 bits per heavy atom. The minimum atomic E-state index is -0.131. The number of carbonyl (C=O) groups excluding carboxylic acids is 1. The average molecular weight is 391 g/mol. The van der Waals surface area contributed by atoms with Crippen LogP contribution in [0.1, 0.15) is 11.1 Å². The van der Waals surface area contributed by atoms with Gasteiger partial charge in [0.05, 0.1) is 6.61 Å². The molecule has 0 saturated carbocycles. The van der Waals surface area contributed by atoms with E-state index in [9.17, 15) is 4.79 Å². The zero-order valence-corrected chi connectivity index (χ0v) is 13.5. The molecule has 21 heavy (non-hydrogen) atoms. The van der Waals surface area contributed by atoms with Gasteiger partial charge in [-0.25, -0.2) is 0 Å². The van der Waals surface area contributed by atoms with E-state index in [0.717, 1.165) is 33.6 Å². The summed E-state index contributed by atoms with van der Waals surface area (Å²) in [6, 6.07) is 13.7. The lowest BCUT2D eigenvalue weighted by molar-refractivity contribution is -0.111. The Hall–Kier alpha value is -1.82. The minimum Gasteiger partial charge on any atom is -0.493 e. The van der Waals surface area contributed by atoms with Gasteiger partial charge in [0.25, 0.3) is 0 Å². The van der Waals surface area contributed by atoms with Crippen molar-refractivity contribution in [1.82, 2.24) is 0 Å². The standard InChI is InChI=1S/C17H14INO2/c18-14-2-1-3-15(11-14)19-17(20)7-5-12-4-6-16-13(10-12)8-9-21-16/h1-7,10-11H,8-9H2,(H,19,20)/b7-5+. The molecule has 4 heteroatoms. The molecule has 1 aliphatic rings. The summed E-state index contributed by atoms with van der Waals surface area (Å²) < 4.78 is 6.56. The monoisotopic (exact) mass is 391 g/mol. The van der Waals surface area contributed by atoms with E-state index >= 15 is 0 Å². The van der Waals surface area contributed by atoms with Gasteiger partial charge in [0.1, 0.15) is 5.75 Å². The van der Waals surface area contributed by atoms with Crippen LogP contribution in [0.15, 0.2) is 48.5 Å². The highest BCUT2D eigenvalue weighted by Gasteiger charge is 2.11. The summed E-state index contributed by atoms with van der Waals surface area (Å²) in [5, 5.41) is 2.85. The molecule has 1 heterocycles. The molecule has 0 radical (unpaired) electrons. The molecule has 1 aliphatic heterocycles. The van der Waals surface area contributed by atoms with Crippen molar-refractivity contribution in [3.63, 3.8) is 0 Å². The van der Waals surface area contributed by atoms with Crippen LogP contribution >= 0.6 is 22.6 Å². The molecule has 0 aliphatic carbocycles. The molecule has 1 amide bonds. The Kier molecular flexibility index (Phi) is 4.24. The zero-order valence-electron chi connectivity index (χ0n) is 11.3. The van der Waals surface area contributed by atoms with E-state index in [1.54, 1.807) is 6.08 Å². The van der Waals surface area contributed by atoms with Gasteiger partial charge in [-0.3, -0.25) is 4.79 Å². The minimum absolute atomic E-state index is 0.131. The van der Waals surface area contributed by atoms with Crippen LogP contribution in [0, 0.1) is 3.57 Å². The highest BCUT2D eigenvalue weighted by molar-refractivity contribution is 14.1. The van der Waals surface area contributed by atoms with Crippen molar-refractivity contribution < 1.29 is 9.53 Å². The molecular formula is C17H14INO2. The third kappa shape index (κ3) is 3.64. The first-order chi connectivity index (χ1) is 10.2. The number of halogens is 1. The number of hydrogen-bond donors (Lipinski definition) is 1. The van der Waals surface area contributed by atoms with Gasteiger partial charge in [-0.05, 0) is 70.1 Å². The third-order valence-corrected chi connectivity index (χ3v) is 3.90. The van der Waals surface area contributed by atoms with Crippen molar-refractivity contribution in [2.75, 3.05) is 11.9 Å². The predicted molar refractivity (Wildman–Crippen MR) is 92.5 cm³/mol. The lowest BCUT2D eigenvalue weighted by Gasteiger charge is -2.02. The Bertz CT molecular complexity index is 710. The Balaban J connectivity index is 1.67. The fourth-order valence-corrected chi connectivity index (χ4v) is 2.78. The normalized spacial score (nSPS) is 13.0. The summed E-state index contributed by atoms with van der Waals surface area (Å²) >= 11 is 2.22. The highest BCUT2D eigenvalue weighted by atomic mass is 127. The van der Waals surface area contributed by atoms with Gasteiger partial charge in [0.15, 0.2) is 0 Å². The fourth-order valence-electron chi connectivity index (χ4n) is 2.23. The summed E-state index contributed by atoms with van der Waals surface area (Å²) in [5.41, 5.74) is 3.02. The fraction of sp³-hybridized carbons (Fsp3) is 0.118. The van der Waals surface area contributed by atoms with E-state index in [0.29, 0.717) is 0 Å². The molecule has 2 aromatic rings. The SMILES string of the molecule is O=C(/C=C/c1ccc2c(c1)CCO2)Nc1cccc(I)c1. The van der Waals surface area contributed by atoms with Gasteiger partial charge in [-0.2, -0.15) is 0 Å². The van der Waals surface area contributed by atoms with E-state index in [4.69, 9.17) is 4.74 Å². The number of benzene rings is 2. The van der Waals surface area contributed by atoms with Crippen molar-refractivity contribution in [1.29, 1.82) is 0 Å². The second-order valence-electron chi connectivity index (χ2n) is 4.80. The quantitative estimate of drug-likeness (QED) is 0.637. The first-order valence-electron chi connectivity index (χ1n) is 6.71. The largest absolute Gasteiger partial charge is 0.493 e. The molecule has 0 spiro atoms. The summed E-state index contributed by atoms with van der Waals surface area (Å²) in [4.78, 5) is 11.9. The molecule has 0 fully saturated rings. The van der Waals surface area contributed by atoms with Crippen LogP contribution < -0.4 is 10.1 Å². The van der Waals surface area contributed by atoms with Crippen LogP contribution in [0.25, 0.3) is 6.08 Å². The van der Waals surface area contributed by atoms with E-state index in [1.807, 2.05) is 42.5 Å². The Labute approximate surface area is 137 Å². The Morgan fingerprint density at radius 2 is 2.14 bits per heavy atom. The molecule has 3 rings (SSSR count). The molecule has 3 nitrogen and oxygen atoms in total. The number of fused-ring (bicyclic) bond motifs is 1. The van der Waals surface area contributed by atoms with Crippen LogP contribution in [0.3, 0.4) is 0 Å². The molecular weight excluding hydrogens is 377 g/mol. The number of nitrogens with one attached hydrogen (secondary N) is 1. The second-order valence-corrected chi connectivity index (χ2v) is 6.04. The van der Waals surface area contributed by atoms with Gasteiger partial charge >= 0.3 is 0 Å². The topological polar surface area (TPSA) is 38.3 Å². The van der Waals surface area contributed by atoms with E-state index in [1.165, 1.54) is 5.56 Å². The molecule has 0 aromatic heterocycles. The van der Waals surface area contributed by atoms with Gasteiger partial charge in [0.2, 0.25) is 5.91 Å². The molecule has 1 N–H and O–H groups in total. The van der Waals surface area contributed by atoms with Crippen LogP contribution in [-0.2, 0) is 11.2 Å². The maximum atomic E-state index is 11.9. The molecule has 0 unspecified atom stereocenters. The molecule has 2 aromatic carbocycles. The summed E-state index contributed by atoms with van der Waals surface area (Å²) in [5.74, 6) is 0.823. The van der Waals surface area contributed by atoms with Crippen LogP contribution in [0.2, 0.25) is 0 Å². The molecule has 0 atom stereocenters. The first-order valence-corrected chi connectivity index (χ1v) is 7.79.